The maximum atomic E-state index is 12.8. The first kappa shape index (κ1) is 25.3. The van der Waals surface area contributed by atoms with E-state index in [4.69, 9.17) is 18.6 Å². The van der Waals surface area contributed by atoms with E-state index in [1.165, 1.54) is 24.3 Å². The molecule has 0 aliphatic carbocycles. The quantitative estimate of drug-likeness (QED) is 0.316. The van der Waals surface area contributed by atoms with Crippen molar-refractivity contribution in [3.05, 3.63) is 59.7 Å². The maximum Gasteiger partial charge on any atom is 0.508 e. The van der Waals surface area contributed by atoms with Gasteiger partial charge in [-0.25, -0.2) is 9.59 Å². The normalized spacial score (nSPS) is 28.0. The molecule has 5 N–H and O–H groups in total. The highest BCUT2D eigenvalue weighted by molar-refractivity contribution is 5.89. The van der Waals surface area contributed by atoms with Crippen molar-refractivity contribution in [2.45, 2.75) is 36.6 Å². The summed E-state index contributed by atoms with van der Waals surface area (Å²) in [5, 5.41) is 54.1. The molecule has 1 aliphatic rings. The van der Waals surface area contributed by atoms with E-state index in [1.807, 2.05) is 0 Å². The minimum atomic E-state index is -2.76. The van der Waals surface area contributed by atoms with Gasteiger partial charge >= 0.3 is 12.1 Å². The van der Waals surface area contributed by atoms with Crippen molar-refractivity contribution in [1.29, 1.82) is 0 Å². The number of aliphatic hydroxyl groups excluding tert-OH is 1. The second kappa shape index (κ2) is 9.32. The number of phenolic OH excluding ortho intramolecular Hbond substituents is 1. The summed E-state index contributed by atoms with van der Waals surface area (Å²) < 4.78 is 25.8. The van der Waals surface area contributed by atoms with Crippen molar-refractivity contribution in [3.63, 3.8) is 0 Å². The maximum absolute atomic E-state index is 12.8. The summed E-state index contributed by atoms with van der Waals surface area (Å²) in [7, 11) is 0.989. The van der Waals surface area contributed by atoms with Gasteiger partial charge in [0, 0.05) is 23.1 Å². The molecule has 1 aromatic heterocycles. The van der Waals surface area contributed by atoms with Crippen molar-refractivity contribution in [2.75, 3.05) is 13.7 Å². The van der Waals surface area contributed by atoms with Crippen molar-refractivity contribution < 1.29 is 58.5 Å². The van der Waals surface area contributed by atoms with Crippen LogP contribution in [0.5, 0.6) is 11.7 Å². The highest BCUT2D eigenvalue weighted by Gasteiger charge is 2.67. The molecule has 0 bridgehead atoms. The second-order valence-corrected chi connectivity index (χ2v) is 8.35. The molecular formula is C24H24O12. The summed E-state index contributed by atoms with van der Waals surface area (Å²) in [5.74, 6) is -2.05. The van der Waals surface area contributed by atoms with Crippen LogP contribution < -0.4 is 0 Å². The van der Waals surface area contributed by atoms with E-state index in [9.17, 15) is 35.1 Å². The van der Waals surface area contributed by atoms with Gasteiger partial charge in [0.15, 0.2) is 5.60 Å². The number of rotatable bonds is 5. The fourth-order valence-electron chi connectivity index (χ4n) is 4.24. The van der Waals surface area contributed by atoms with Crippen molar-refractivity contribution >= 4 is 23.1 Å². The predicted molar refractivity (Wildman–Crippen MR) is 119 cm³/mol. The molecule has 1 aliphatic heterocycles. The van der Waals surface area contributed by atoms with Gasteiger partial charge in [-0.1, -0.05) is 18.2 Å². The predicted octanol–water partition coefficient (Wildman–Crippen LogP) is 1.51. The van der Waals surface area contributed by atoms with E-state index >= 15 is 0 Å². The largest absolute Gasteiger partial charge is 0.508 e. The number of carbonyl (C=O) groups is 2. The van der Waals surface area contributed by atoms with Crippen LogP contribution in [0.4, 0.5) is 4.79 Å². The van der Waals surface area contributed by atoms with E-state index in [0.29, 0.717) is 0 Å². The molecule has 5 atom stereocenters. The third-order valence-corrected chi connectivity index (χ3v) is 6.18. The van der Waals surface area contributed by atoms with Gasteiger partial charge in [0.2, 0.25) is 12.4 Å². The topological polar surface area (TPSA) is 185 Å². The monoisotopic (exact) mass is 504 g/mol. The Kier molecular flexibility index (Phi) is 6.54. The van der Waals surface area contributed by atoms with Gasteiger partial charge < -0.3 is 48.9 Å². The van der Waals surface area contributed by atoms with Crippen molar-refractivity contribution in [3.8, 4) is 11.7 Å². The molecule has 1 fully saturated rings. The number of hydrogen-bond donors (Lipinski definition) is 5. The van der Waals surface area contributed by atoms with E-state index in [-0.39, 0.29) is 16.5 Å². The van der Waals surface area contributed by atoms with Crippen LogP contribution in [-0.4, -0.2) is 75.5 Å². The van der Waals surface area contributed by atoms with Gasteiger partial charge in [-0.05, 0) is 25.1 Å². The summed E-state index contributed by atoms with van der Waals surface area (Å²) in [6, 6.07) is 11.1. The summed E-state index contributed by atoms with van der Waals surface area (Å²) in [6.07, 6.45) is -6.82. The standard InChI is InChI=1S/C24H24O12/c1-23(30)17(11-25)34-21(36-20(28)12-6-4-3-5-7-12)19(35-22(29)32-2)24(23,31)14-8-13-9-18(27)33-16(13)10-15(14)26/h3-10,17,19,21,25-27,30-31H,11H2,1-2H3/t17-,19+,21+,23-,24-/m1/s1. The van der Waals surface area contributed by atoms with Crippen LogP contribution in [0, 0.1) is 0 Å². The van der Waals surface area contributed by atoms with Crippen LogP contribution >= 0.6 is 0 Å². The van der Waals surface area contributed by atoms with Crippen molar-refractivity contribution in [2.24, 2.45) is 0 Å². The van der Waals surface area contributed by atoms with E-state index in [1.54, 1.807) is 18.2 Å². The zero-order chi connectivity index (χ0) is 26.3. The lowest BCUT2D eigenvalue weighted by Gasteiger charge is -2.54. The number of carbonyl (C=O) groups excluding carboxylic acids is 2. The molecule has 36 heavy (non-hydrogen) atoms. The fourth-order valence-corrected chi connectivity index (χ4v) is 4.24. The zero-order valence-electron chi connectivity index (χ0n) is 19.2. The lowest BCUT2D eigenvalue weighted by molar-refractivity contribution is -0.357. The lowest BCUT2D eigenvalue weighted by Crippen LogP contribution is -2.72. The first-order valence-electron chi connectivity index (χ1n) is 10.7. The van der Waals surface area contributed by atoms with E-state index in [0.717, 1.165) is 20.1 Å². The Morgan fingerprint density at radius 3 is 2.39 bits per heavy atom. The molecule has 1 saturated heterocycles. The minimum absolute atomic E-state index is 0.0419. The van der Waals surface area contributed by atoms with Crippen LogP contribution in [0.2, 0.25) is 0 Å². The number of aromatic hydroxyl groups is 2. The number of ether oxygens (including phenoxy) is 4. The first-order chi connectivity index (χ1) is 17.0. The average molecular weight is 504 g/mol. The highest BCUT2D eigenvalue weighted by Crippen LogP contribution is 2.50. The Morgan fingerprint density at radius 1 is 1.06 bits per heavy atom. The van der Waals surface area contributed by atoms with Gasteiger partial charge in [0.05, 0.1) is 19.3 Å². The second-order valence-electron chi connectivity index (χ2n) is 8.35. The molecule has 3 aromatic rings. The SMILES string of the molecule is COC(=O)O[C@H]1[C@H](OC(=O)c2ccccc2)O[C@H](CO)[C@@](C)(O)[C@@]1(O)c1cc2cc(O)oc2cc1O. The van der Waals surface area contributed by atoms with Gasteiger partial charge in [-0.2, -0.15) is 0 Å². The third-order valence-electron chi connectivity index (χ3n) is 6.18. The molecule has 0 spiro atoms. The van der Waals surface area contributed by atoms with Crippen LogP contribution in [0.1, 0.15) is 22.8 Å². The van der Waals surface area contributed by atoms with Gasteiger partial charge in [-0.15, -0.1) is 0 Å². The molecule has 0 saturated carbocycles. The van der Waals surface area contributed by atoms with Crippen LogP contribution in [0.15, 0.2) is 52.9 Å². The van der Waals surface area contributed by atoms with E-state index < -0.39 is 65.7 Å². The Morgan fingerprint density at radius 2 is 1.75 bits per heavy atom. The Labute approximate surface area is 203 Å². The molecule has 0 unspecified atom stereocenters. The fraction of sp³-hybridized carbons (Fsp3) is 0.333. The highest BCUT2D eigenvalue weighted by atomic mass is 16.8. The minimum Gasteiger partial charge on any atom is -0.507 e. The molecule has 2 heterocycles. The first-order valence-corrected chi connectivity index (χ1v) is 10.7. The Bertz CT molecular complexity index is 1270. The van der Waals surface area contributed by atoms with Gasteiger partial charge in [0.1, 0.15) is 23.0 Å². The van der Waals surface area contributed by atoms with Gasteiger partial charge in [-0.3, -0.25) is 0 Å². The Balaban J connectivity index is 1.88. The van der Waals surface area contributed by atoms with Crippen LogP contribution in [0.25, 0.3) is 11.0 Å². The average Bonchev–Trinajstić information content (AvgIpc) is 3.22. The number of benzene rings is 2. The van der Waals surface area contributed by atoms with Crippen LogP contribution in [0.3, 0.4) is 0 Å². The van der Waals surface area contributed by atoms with Gasteiger partial charge in [0.25, 0.3) is 5.95 Å². The smallest absolute Gasteiger partial charge is 0.507 e. The summed E-state index contributed by atoms with van der Waals surface area (Å²) in [6.45, 7) is 0.211. The molecule has 4 rings (SSSR count). The summed E-state index contributed by atoms with van der Waals surface area (Å²) >= 11 is 0. The number of esters is 1. The number of methoxy groups -OCH3 is 1. The Hall–Kier alpha value is -3.84. The summed E-state index contributed by atoms with van der Waals surface area (Å²) in [4.78, 5) is 25.0. The number of hydrogen-bond acceptors (Lipinski definition) is 12. The molecule has 0 amide bonds. The zero-order valence-corrected chi connectivity index (χ0v) is 19.2. The lowest BCUT2D eigenvalue weighted by atomic mass is 9.69. The summed E-state index contributed by atoms with van der Waals surface area (Å²) in [5.41, 5.74) is -5.48. The molecular weight excluding hydrogens is 480 g/mol. The molecule has 12 nitrogen and oxygen atoms in total. The number of fused-ring (bicyclic) bond motifs is 1. The number of phenols is 1. The third kappa shape index (κ3) is 4.09. The van der Waals surface area contributed by atoms with E-state index in [2.05, 4.69) is 4.74 Å². The van der Waals surface area contributed by atoms with Crippen molar-refractivity contribution in [1.82, 2.24) is 0 Å². The van der Waals surface area contributed by atoms with Crippen LogP contribution in [-0.2, 0) is 24.5 Å². The number of aliphatic hydroxyl groups is 3. The molecule has 192 valence electrons. The molecule has 0 radical (unpaired) electrons. The molecule has 2 aromatic carbocycles. The molecule has 12 heteroatoms. The number of furan rings is 1.